The molecule has 0 aliphatic carbocycles. The molecular weight excluding hydrogens is 468 g/mol. The van der Waals surface area contributed by atoms with Crippen molar-refractivity contribution in [2.45, 2.75) is 32.0 Å². The van der Waals surface area contributed by atoms with Crippen LogP contribution in [0.25, 0.3) is 5.69 Å². The summed E-state index contributed by atoms with van der Waals surface area (Å²) in [6.45, 7) is 5.98. The first kappa shape index (κ1) is 24.3. The molecule has 1 atom stereocenters. The number of aromatic nitrogens is 4. The minimum absolute atomic E-state index is 0.205. The summed E-state index contributed by atoms with van der Waals surface area (Å²) in [6.07, 6.45) is 0. The van der Waals surface area contributed by atoms with Crippen LogP contribution in [0, 0.1) is 13.8 Å². The van der Waals surface area contributed by atoms with Gasteiger partial charge >= 0.3 is 12.0 Å². The maximum atomic E-state index is 13.0. The summed E-state index contributed by atoms with van der Waals surface area (Å²) in [7, 11) is 1.58. The number of benzene rings is 2. The average molecular weight is 495 g/mol. The third kappa shape index (κ3) is 5.14. The highest BCUT2D eigenvalue weighted by atomic mass is 32.2. The van der Waals surface area contributed by atoms with Crippen LogP contribution in [0.1, 0.15) is 29.7 Å². The molecule has 1 aromatic heterocycles. The van der Waals surface area contributed by atoms with Crippen molar-refractivity contribution in [2.24, 2.45) is 0 Å². The van der Waals surface area contributed by atoms with E-state index >= 15 is 0 Å². The summed E-state index contributed by atoms with van der Waals surface area (Å²) in [6, 6.07) is 12.0. The average Bonchev–Trinajstić information content (AvgIpc) is 3.32. The topological polar surface area (TPSA) is 120 Å². The monoisotopic (exact) mass is 494 g/mol. The van der Waals surface area contributed by atoms with Crippen molar-refractivity contribution in [3.05, 3.63) is 70.4 Å². The Labute approximate surface area is 207 Å². The van der Waals surface area contributed by atoms with Crippen LogP contribution in [-0.4, -0.2) is 51.7 Å². The van der Waals surface area contributed by atoms with Crippen LogP contribution in [0.15, 0.2) is 58.9 Å². The third-order valence-corrected chi connectivity index (χ3v) is 6.63. The summed E-state index contributed by atoms with van der Waals surface area (Å²) >= 11 is 1.31. The number of carbonyl (C=O) groups is 2. The molecule has 0 saturated carbocycles. The molecule has 2 amide bonds. The van der Waals surface area contributed by atoms with Gasteiger partial charge in [0.05, 0.1) is 31.0 Å². The van der Waals surface area contributed by atoms with Crippen LogP contribution >= 0.6 is 11.8 Å². The number of carbonyl (C=O) groups excluding carboxylic acids is 2. The van der Waals surface area contributed by atoms with Gasteiger partial charge in [0.15, 0.2) is 0 Å². The van der Waals surface area contributed by atoms with Gasteiger partial charge < -0.3 is 20.1 Å². The molecule has 4 rings (SSSR count). The Morgan fingerprint density at radius 1 is 1.17 bits per heavy atom. The van der Waals surface area contributed by atoms with Gasteiger partial charge in [0.1, 0.15) is 5.75 Å². The molecule has 0 spiro atoms. The summed E-state index contributed by atoms with van der Waals surface area (Å²) in [5.74, 6) is 0.412. The first-order valence-electron chi connectivity index (χ1n) is 11.0. The van der Waals surface area contributed by atoms with E-state index in [0.717, 1.165) is 22.4 Å². The summed E-state index contributed by atoms with van der Waals surface area (Å²) in [4.78, 5) is 25.6. The molecule has 1 aliphatic heterocycles. The number of aryl methyl sites for hydroxylation is 1. The number of nitrogens with one attached hydrogen (secondary N) is 2. The van der Waals surface area contributed by atoms with Gasteiger partial charge in [-0.25, -0.2) is 9.59 Å². The SMILES string of the molecule is CCOC(=O)C1=C(CSc2nnnn2-c2cccc(C)c2C)NC(=O)NC1c1ccc(OC)cc1. The second kappa shape index (κ2) is 10.6. The van der Waals surface area contributed by atoms with Crippen LogP contribution in [-0.2, 0) is 9.53 Å². The molecule has 35 heavy (non-hydrogen) atoms. The zero-order valence-corrected chi connectivity index (χ0v) is 20.7. The van der Waals surface area contributed by atoms with Crippen molar-refractivity contribution in [3.63, 3.8) is 0 Å². The van der Waals surface area contributed by atoms with E-state index in [1.807, 2.05) is 32.0 Å². The van der Waals surface area contributed by atoms with Gasteiger partial charge in [0.2, 0.25) is 5.16 Å². The molecule has 11 heteroatoms. The fourth-order valence-electron chi connectivity index (χ4n) is 3.75. The lowest BCUT2D eigenvalue weighted by Gasteiger charge is -2.29. The maximum Gasteiger partial charge on any atom is 0.338 e. The molecule has 0 fully saturated rings. The Balaban J connectivity index is 1.68. The van der Waals surface area contributed by atoms with E-state index < -0.39 is 18.0 Å². The lowest BCUT2D eigenvalue weighted by atomic mass is 9.95. The van der Waals surface area contributed by atoms with E-state index in [9.17, 15) is 9.59 Å². The van der Waals surface area contributed by atoms with Gasteiger partial charge in [-0.15, -0.1) is 5.10 Å². The number of tetrazole rings is 1. The number of rotatable bonds is 8. The summed E-state index contributed by atoms with van der Waals surface area (Å²) in [5, 5.41) is 18.3. The summed E-state index contributed by atoms with van der Waals surface area (Å²) in [5.41, 5.74) is 4.54. The van der Waals surface area contributed by atoms with Gasteiger partial charge in [-0.3, -0.25) is 0 Å². The second-order valence-electron chi connectivity index (χ2n) is 7.80. The van der Waals surface area contributed by atoms with Crippen LogP contribution < -0.4 is 15.4 Å². The minimum atomic E-state index is -0.681. The molecular formula is C24H26N6O4S. The number of nitrogens with zero attached hydrogens (tertiary/aromatic N) is 4. The molecule has 0 bridgehead atoms. The molecule has 1 unspecified atom stereocenters. The molecule has 2 aromatic carbocycles. The van der Waals surface area contributed by atoms with Crippen molar-refractivity contribution in [3.8, 4) is 11.4 Å². The first-order chi connectivity index (χ1) is 16.9. The highest BCUT2D eigenvalue weighted by molar-refractivity contribution is 7.99. The van der Waals surface area contributed by atoms with E-state index in [1.54, 1.807) is 43.0 Å². The van der Waals surface area contributed by atoms with Crippen LogP contribution in [0.3, 0.4) is 0 Å². The molecule has 0 radical (unpaired) electrons. The second-order valence-corrected chi connectivity index (χ2v) is 8.74. The predicted octanol–water partition coefficient (Wildman–Crippen LogP) is 3.25. The van der Waals surface area contributed by atoms with Gasteiger partial charge in [-0.1, -0.05) is 36.0 Å². The Morgan fingerprint density at radius 3 is 2.66 bits per heavy atom. The normalized spacial score (nSPS) is 15.4. The summed E-state index contributed by atoms with van der Waals surface area (Å²) < 4.78 is 12.2. The molecule has 1 aliphatic rings. The van der Waals surface area contributed by atoms with E-state index in [1.165, 1.54) is 11.8 Å². The zero-order valence-electron chi connectivity index (χ0n) is 19.9. The van der Waals surface area contributed by atoms with E-state index in [0.29, 0.717) is 22.2 Å². The zero-order chi connectivity index (χ0) is 24.9. The minimum Gasteiger partial charge on any atom is -0.497 e. The highest BCUT2D eigenvalue weighted by Crippen LogP contribution is 2.32. The first-order valence-corrected chi connectivity index (χ1v) is 12.0. The van der Waals surface area contributed by atoms with Crippen LogP contribution in [0.5, 0.6) is 5.75 Å². The van der Waals surface area contributed by atoms with Crippen molar-refractivity contribution in [1.29, 1.82) is 0 Å². The fraction of sp³-hybridized carbons (Fsp3) is 0.292. The Bertz CT molecular complexity index is 1270. The van der Waals surface area contributed by atoms with Crippen molar-refractivity contribution in [2.75, 3.05) is 19.5 Å². The quantitative estimate of drug-likeness (QED) is 0.362. The Hall–Kier alpha value is -3.86. The Kier molecular flexibility index (Phi) is 7.35. The van der Waals surface area contributed by atoms with Crippen molar-refractivity contribution < 1.29 is 19.1 Å². The Morgan fingerprint density at radius 2 is 1.94 bits per heavy atom. The highest BCUT2D eigenvalue weighted by Gasteiger charge is 2.34. The standard InChI is InChI=1S/C24H26N6O4S/c1-5-34-22(31)20-18(25-23(32)26-21(20)16-9-11-17(33-4)12-10-16)13-35-24-27-28-29-30(24)19-8-6-7-14(2)15(19)3/h6-12,21H,5,13H2,1-4H3,(H2,25,26,32). The van der Waals surface area contributed by atoms with Gasteiger partial charge in [0, 0.05) is 11.4 Å². The number of esters is 1. The molecule has 182 valence electrons. The van der Waals surface area contributed by atoms with Gasteiger partial charge in [-0.2, -0.15) is 4.68 Å². The van der Waals surface area contributed by atoms with Gasteiger partial charge in [0.25, 0.3) is 0 Å². The van der Waals surface area contributed by atoms with E-state index in [2.05, 4.69) is 26.2 Å². The fourth-order valence-corrected chi connectivity index (χ4v) is 4.60. The smallest absolute Gasteiger partial charge is 0.338 e. The lowest BCUT2D eigenvalue weighted by molar-refractivity contribution is -0.139. The number of thioether (sulfide) groups is 1. The molecule has 3 aromatic rings. The third-order valence-electron chi connectivity index (χ3n) is 5.69. The number of methoxy groups -OCH3 is 1. The largest absolute Gasteiger partial charge is 0.497 e. The van der Waals surface area contributed by atoms with Crippen LogP contribution in [0.2, 0.25) is 0 Å². The molecule has 2 N–H and O–H groups in total. The maximum absolute atomic E-state index is 13.0. The lowest BCUT2D eigenvalue weighted by Crippen LogP contribution is -2.46. The van der Waals surface area contributed by atoms with Crippen molar-refractivity contribution in [1.82, 2.24) is 30.8 Å². The van der Waals surface area contributed by atoms with E-state index in [-0.39, 0.29) is 12.4 Å². The predicted molar refractivity (Wildman–Crippen MR) is 130 cm³/mol. The number of amides is 2. The number of ether oxygens (including phenoxy) is 2. The number of hydrogen-bond acceptors (Lipinski definition) is 8. The number of urea groups is 1. The van der Waals surface area contributed by atoms with E-state index in [4.69, 9.17) is 9.47 Å². The molecule has 10 nitrogen and oxygen atoms in total. The molecule has 2 heterocycles. The van der Waals surface area contributed by atoms with Crippen LogP contribution in [0.4, 0.5) is 4.79 Å². The van der Waals surface area contributed by atoms with Gasteiger partial charge in [-0.05, 0) is 66.1 Å². The number of hydrogen-bond donors (Lipinski definition) is 2. The van der Waals surface area contributed by atoms with Crippen molar-refractivity contribution >= 4 is 23.8 Å². The molecule has 0 saturated heterocycles.